The van der Waals surface area contributed by atoms with E-state index in [0.717, 1.165) is 6.41 Å². The number of benzene rings is 1. The van der Waals surface area contributed by atoms with Gasteiger partial charge in [-0.25, -0.2) is 4.79 Å². The minimum absolute atomic E-state index is 0.0369. The number of aliphatic hydroxyl groups excluding tert-OH is 2. The largest absolute Gasteiger partial charge is 0.455 e. The van der Waals surface area contributed by atoms with Crippen LogP contribution in [0.2, 0.25) is 0 Å². The number of nitrogens with zero attached hydrogens (tertiary/aromatic N) is 1. The van der Waals surface area contributed by atoms with Crippen molar-refractivity contribution in [3.8, 4) is 0 Å². The van der Waals surface area contributed by atoms with Gasteiger partial charge in [-0.2, -0.15) is 0 Å². The van der Waals surface area contributed by atoms with Crippen molar-refractivity contribution in [2.45, 2.75) is 73.6 Å². The summed E-state index contributed by atoms with van der Waals surface area (Å²) in [5.41, 5.74) is -5.54. The Morgan fingerprint density at radius 2 is 1.74 bits per heavy atom. The van der Waals surface area contributed by atoms with Crippen LogP contribution in [0.15, 0.2) is 30.3 Å². The molecule has 1 spiro atoms. The maximum absolute atomic E-state index is 13.7. The molecule has 7 rings (SSSR count). The molecule has 15 atom stereocenters. The lowest BCUT2D eigenvalue weighted by Gasteiger charge is -2.69. The highest BCUT2D eigenvalue weighted by Gasteiger charge is 2.92. The Hall–Kier alpha value is -2.65. The molecular formula is C33H43NO12. The Morgan fingerprint density at radius 3 is 2.33 bits per heavy atom. The van der Waals surface area contributed by atoms with Crippen LogP contribution < -0.4 is 0 Å². The first-order valence-corrected chi connectivity index (χ1v) is 15.8. The van der Waals surface area contributed by atoms with Gasteiger partial charge < -0.3 is 48.6 Å². The van der Waals surface area contributed by atoms with Crippen molar-refractivity contribution in [2.24, 2.45) is 34.5 Å². The molecule has 1 aromatic carbocycles. The zero-order valence-corrected chi connectivity index (χ0v) is 26.6. The lowest BCUT2D eigenvalue weighted by molar-refractivity contribution is -0.319. The van der Waals surface area contributed by atoms with Crippen molar-refractivity contribution in [1.82, 2.24) is 4.90 Å². The van der Waals surface area contributed by atoms with E-state index in [1.807, 2.05) is 0 Å². The van der Waals surface area contributed by atoms with Crippen molar-refractivity contribution in [3.63, 3.8) is 0 Å². The highest BCUT2D eigenvalue weighted by Crippen LogP contribution is 2.80. The monoisotopic (exact) mass is 645 g/mol. The van der Waals surface area contributed by atoms with E-state index < -0.39 is 100 Å². The number of carbonyl (C=O) groups is 3. The number of amides is 1. The van der Waals surface area contributed by atoms with Crippen molar-refractivity contribution >= 4 is 18.3 Å². The normalized spacial score (nSPS) is 49.4. The highest BCUT2D eigenvalue weighted by atomic mass is 16.6. The fraction of sp³-hybridized carbons (Fsp3) is 0.727. The van der Waals surface area contributed by atoms with Gasteiger partial charge in [-0.3, -0.25) is 9.59 Å². The Bertz CT molecular complexity index is 1400. The molecule has 0 aromatic heterocycles. The van der Waals surface area contributed by atoms with Gasteiger partial charge in [-0.05, 0) is 24.5 Å². The Balaban J connectivity index is 1.53. The molecule has 13 nitrogen and oxygen atoms in total. The molecule has 1 amide bonds. The van der Waals surface area contributed by atoms with Crippen LogP contribution in [-0.2, 0) is 38.0 Å². The molecule has 5 saturated carbocycles. The van der Waals surface area contributed by atoms with E-state index in [1.165, 1.54) is 28.3 Å². The van der Waals surface area contributed by atoms with Crippen LogP contribution in [0.1, 0.15) is 30.1 Å². The number of ether oxygens (including phenoxy) is 6. The first-order chi connectivity index (χ1) is 22.0. The maximum atomic E-state index is 13.7. The molecule has 1 aromatic rings. The molecule has 1 saturated heterocycles. The summed E-state index contributed by atoms with van der Waals surface area (Å²) in [5, 5.41) is 37.0. The second-order valence-corrected chi connectivity index (χ2v) is 14.1. The van der Waals surface area contributed by atoms with Crippen LogP contribution in [0, 0.1) is 34.5 Å². The highest BCUT2D eigenvalue weighted by molar-refractivity contribution is 5.89. The van der Waals surface area contributed by atoms with E-state index in [-0.39, 0.29) is 31.6 Å². The molecule has 6 fully saturated rings. The average molecular weight is 646 g/mol. The minimum atomic E-state index is -1.92. The van der Waals surface area contributed by atoms with Crippen LogP contribution in [0.25, 0.3) is 0 Å². The Labute approximate surface area is 267 Å². The van der Waals surface area contributed by atoms with E-state index >= 15 is 0 Å². The molecule has 7 bridgehead atoms. The van der Waals surface area contributed by atoms with E-state index in [4.69, 9.17) is 28.4 Å². The van der Waals surface area contributed by atoms with Crippen LogP contribution in [-0.4, -0.2) is 134 Å². The lowest BCUT2D eigenvalue weighted by Crippen LogP contribution is -2.81. The molecule has 6 aliphatic rings. The molecule has 3 N–H and O–H groups in total. The molecule has 13 heteroatoms. The predicted octanol–water partition coefficient (Wildman–Crippen LogP) is -0.215. The van der Waals surface area contributed by atoms with Gasteiger partial charge in [-0.15, -0.1) is 0 Å². The zero-order valence-electron chi connectivity index (χ0n) is 26.6. The molecule has 5 aliphatic carbocycles. The first kappa shape index (κ1) is 31.9. The summed E-state index contributed by atoms with van der Waals surface area (Å²) in [6, 6.07) is 7.64. The number of fused-ring (bicyclic) bond motifs is 2. The summed E-state index contributed by atoms with van der Waals surface area (Å²) >= 11 is 0. The number of likely N-dealkylation sites (tertiary alicyclic amines) is 1. The number of aliphatic hydroxyl groups is 3. The van der Waals surface area contributed by atoms with E-state index in [9.17, 15) is 29.7 Å². The number of esters is 2. The molecule has 252 valence electrons. The fourth-order valence-electron chi connectivity index (χ4n) is 12.0. The lowest BCUT2D eigenvalue weighted by atomic mass is 9.42. The van der Waals surface area contributed by atoms with Crippen LogP contribution in [0.4, 0.5) is 0 Å². The van der Waals surface area contributed by atoms with Gasteiger partial charge in [0.05, 0.1) is 30.5 Å². The summed E-state index contributed by atoms with van der Waals surface area (Å²) < 4.78 is 36.8. The number of rotatable bonds is 9. The minimum Gasteiger partial charge on any atom is -0.455 e. The summed E-state index contributed by atoms with van der Waals surface area (Å²) in [6.45, 7) is 1.44. The van der Waals surface area contributed by atoms with E-state index in [0.29, 0.717) is 0 Å². The van der Waals surface area contributed by atoms with Gasteiger partial charge in [-0.1, -0.05) is 18.2 Å². The van der Waals surface area contributed by atoms with Gasteiger partial charge in [0.15, 0.2) is 5.60 Å². The van der Waals surface area contributed by atoms with Crippen LogP contribution >= 0.6 is 0 Å². The Kier molecular flexibility index (Phi) is 7.41. The third kappa shape index (κ3) is 3.52. The van der Waals surface area contributed by atoms with Gasteiger partial charge in [0.2, 0.25) is 6.41 Å². The molecule has 0 radical (unpaired) electrons. The Morgan fingerprint density at radius 1 is 1.02 bits per heavy atom. The van der Waals surface area contributed by atoms with Crippen molar-refractivity contribution in [1.29, 1.82) is 0 Å². The van der Waals surface area contributed by atoms with Crippen molar-refractivity contribution < 1.29 is 58.1 Å². The fourth-order valence-corrected chi connectivity index (χ4v) is 12.0. The van der Waals surface area contributed by atoms with Gasteiger partial charge in [0.1, 0.15) is 23.9 Å². The maximum Gasteiger partial charge on any atom is 0.338 e. The average Bonchev–Trinajstić information content (AvgIpc) is 3.41. The quantitative estimate of drug-likeness (QED) is 0.239. The summed E-state index contributed by atoms with van der Waals surface area (Å²) in [6.07, 6.45) is -5.77. The van der Waals surface area contributed by atoms with Gasteiger partial charge >= 0.3 is 11.9 Å². The first-order valence-electron chi connectivity index (χ1n) is 15.8. The smallest absolute Gasteiger partial charge is 0.338 e. The number of hydrogen-bond acceptors (Lipinski definition) is 12. The number of hydrogen-bond donors (Lipinski definition) is 3. The SMILES string of the molecule is COC[C@]12CN(C=O)C3C4C(OC)C1[C@@]3(C1CC3(O)C(OC)C(O)C4(OC(C)=O)C1C3OC(=O)c1ccccc1)[C@@H](OC)CC2O. The van der Waals surface area contributed by atoms with Crippen molar-refractivity contribution in [2.75, 3.05) is 41.6 Å². The topological polar surface area (TPSA) is 171 Å². The zero-order chi connectivity index (χ0) is 33.0. The van der Waals surface area contributed by atoms with E-state index in [2.05, 4.69) is 0 Å². The number of methoxy groups -OCH3 is 4. The summed E-state index contributed by atoms with van der Waals surface area (Å²) in [5.74, 6) is -4.46. The summed E-state index contributed by atoms with van der Waals surface area (Å²) in [7, 11) is 5.95. The molecular weight excluding hydrogens is 602 g/mol. The second kappa shape index (κ2) is 10.7. The number of piperidine rings is 1. The molecule has 46 heavy (non-hydrogen) atoms. The number of carbonyl (C=O) groups excluding carboxylic acids is 3. The summed E-state index contributed by atoms with van der Waals surface area (Å²) in [4.78, 5) is 41.6. The predicted molar refractivity (Wildman–Crippen MR) is 156 cm³/mol. The van der Waals surface area contributed by atoms with E-state index in [1.54, 1.807) is 42.3 Å². The standard InChI is InChI=1S/C33H43NO12/c1-16(36)46-33-21-18(12-31(40,28(44-5)26(33)38)27(21)45-29(39)17-9-7-6-8-10-17)32-20(42-3)11-19(37)30(14-41-2)13-34(15-35)25(32)22(33)23(43-4)24(30)32/h6-10,15,18-28,37-38,40H,11-14H2,1-5H3/t18?,19?,20-,21?,22?,23?,24?,25?,26?,27?,28?,30-,31?,32+,33?/m0/s1. The third-order valence-corrected chi connectivity index (χ3v) is 12.8. The van der Waals surface area contributed by atoms with Gasteiger partial charge in [0.25, 0.3) is 0 Å². The molecule has 1 aliphatic heterocycles. The third-order valence-electron chi connectivity index (χ3n) is 12.8. The van der Waals surface area contributed by atoms with Gasteiger partial charge in [0, 0.05) is 83.0 Å². The second-order valence-electron chi connectivity index (χ2n) is 14.1. The van der Waals surface area contributed by atoms with Crippen LogP contribution in [0.5, 0.6) is 0 Å². The van der Waals surface area contributed by atoms with Crippen LogP contribution in [0.3, 0.4) is 0 Å². The molecule has 12 unspecified atom stereocenters. The van der Waals surface area contributed by atoms with Crippen molar-refractivity contribution in [3.05, 3.63) is 35.9 Å². The molecule has 1 heterocycles.